The molecule has 0 aliphatic heterocycles. The highest BCUT2D eigenvalue weighted by molar-refractivity contribution is 6.08. The summed E-state index contributed by atoms with van der Waals surface area (Å²) in [7, 11) is 4.36. The largest absolute Gasteiger partial charge is 0.493 e. The number of carbonyl (C=O) groups is 2. The molecule has 0 N–H and O–H groups in total. The van der Waals surface area contributed by atoms with Crippen LogP contribution in [0.3, 0.4) is 0 Å². The maximum absolute atomic E-state index is 12.3. The normalized spacial score (nSPS) is 10.5. The molecule has 0 bridgehead atoms. The number of hydrogen-bond acceptors (Lipinski definition) is 5. The first kappa shape index (κ1) is 17.3. The Bertz CT molecular complexity index is 777. The van der Waals surface area contributed by atoms with Gasteiger partial charge in [-0.05, 0) is 35.9 Å². The molecule has 5 heteroatoms. The van der Waals surface area contributed by atoms with E-state index in [1.165, 1.54) is 27.4 Å². The number of hydrogen-bond donors (Lipinski definition) is 0. The Labute approximate surface area is 140 Å². The lowest BCUT2D eigenvalue weighted by Crippen LogP contribution is -2.03. The molecule has 0 unspecified atom stereocenters. The molecule has 0 fully saturated rings. The molecule has 2 aromatic rings. The molecule has 0 aliphatic carbocycles. The van der Waals surface area contributed by atoms with Crippen LogP contribution in [0.5, 0.6) is 11.5 Å². The minimum atomic E-state index is -0.450. The summed E-state index contributed by atoms with van der Waals surface area (Å²) < 4.78 is 15.1. The zero-order valence-corrected chi connectivity index (χ0v) is 13.7. The van der Waals surface area contributed by atoms with Crippen LogP contribution >= 0.6 is 0 Å². The molecule has 2 rings (SSSR count). The molecule has 0 aliphatic rings. The van der Waals surface area contributed by atoms with Crippen LogP contribution in [-0.4, -0.2) is 33.1 Å². The van der Waals surface area contributed by atoms with Gasteiger partial charge in [0.25, 0.3) is 0 Å². The maximum atomic E-state index is 12.3. The predicted molar refractivity (Wildman–Crippen MR) is 90.7 cm³/mol. The Morgan fingerprint density at radius 2 is 1.62 bits per heavy atom. The number of carbonyl (C=O) groups excluding carboxylic acids is 2. The van der Waals surface area contributed by atoms with Crippen molar-refractivity contribution in [3.05, 3.63) is 65.2 Å². The van der Waals surface area contributed by atoms with E-state index in [-0.39, 0.29) is 5.78 Å². The number of rotatable bonds is 6. The number of esters is 1. The molecule has 24 heavy (non-hydrogen) atoms. The third-order valence-corrected chi connectivity index (χ3v) is 3.45. The van der Waals surface area contributed by atoms with Crippen molar-refractivity contribution in [3.63, 3.8) is 0 Å². The van der Waals surface area contributed by atoms with Gasteiger partial charge < -0.3 is 14.2 Å². The van der Waals surface area contributed by atoms with Gasteiger partial charge in [0.1, 0.15) is 0 Å². The van der Waals surface area contributed by atoms with Gasteiger partial charge in [-0.15, -0.1) is 0 Å². The van der Waals surface area contributed by atoms with Crippen molar-refractivity contribution in [2.24, 2.45) is 0 Å². The van der Waals surface area contributed by atoms with Crippen molar-refractivity contribution in [1.29, 1.82) is 0 Å². The van der Waals surface area contributed by atoms with E-state index in [1.54, 1.807) is 48.5 Å². The van der Waals surface area contributed by atoms with E-state index < -0.39 is 5.97 Å². The van der Waals surface area contributed by atoms with Gasteiger partial charge in [0.15, 0.2) is 17.3 Å². The van der Waals surface area contributed by atoms with Crippen molar-refractivity contribution in [3.8, 4) is 11.5 Å². The Hall–Kier alpha value is -3.08. The third-order valence-electron chi connectivity index (χ3n) is 3.45. The Balaban J connectivity index is 2.27. The van der Waals surface area contributed by atoms with Crippen LogP contribution in [0.2, 0.25) is 0 Å². The van der Waals surface area contributed by atoms with Crippen LogP contribution in [0.4, 0.5) is 0 Å². The van der Waals surface area contributed by atoms with Crippen LogP contribution in [0.25, 0.3) is 6.08 Å². The first-order valence-electron chi connectivity index (χ1n) is 7.22. The highest BCUT2D eigenvalue weighted by Crippen LogP contribution is 2.27. The fourth-order valence-electron chi connectivity index (χ4n) is 2.19. The first-order chi connectivity index (χ1) is 11.6. The molecule has 0 saturated carbocycles. The average Bonchev–Trinajstić information content (AvgIpc) is 2.64. The fourth-order valence-corrected chi connectivity index (χ4v) is 2.19. The zero-order chi connectivity index (χ0) is 17.5. The molecule has 0 heterocycles. The molecule has 124 valence electrons. The second kappa shape index (κ2) is 7.97. The quantitative estimate of drug-likeness (QED) is 0.462. The van der Waals surface area contributed by atoms with Gasteiger partial charge in [-0.25, -0.2) is 4.79 Å². The highest BCUT2D eigenvalue weighted by atomic mass is 16.5. The van der Waals surface area contributed by atoms with Gasteiger partial charge in [-0.3, -0.25) is 4.79 Å². The molecule has 0 radical (unpaired) electrons. The zero-order valence-electron chi connectivity index (χ0n) is 13.7. The minimum Gasteiger partial charge on any atom is -0.493 e. The summed E-state index contributed by atoms with van der Waals surface area (Å²) in [5, 5.41) is 0. The number of methoxy groups -OCH3 is 3. The van der Waals surface area contributed by atoms with Crippen LogP contribution < -0.4 is 9.47 Å². The minimum absolute atomic E-state index is 0.212. The molecule has 2 aromatic carbocycles. The summed E-state index contributed by atoms with van der Waals surface area (Å²) in [4.78, 5) is 24.1. The predicted octanol–water partition coefficient (Wildman–Crippen LogP) is 3.39. The average molecular weight is 326 g/mol. The van der Waals surface area contributed by atoms with Crippen LogP contribution in [-0.2, 0) is 4.74 Å². The maximum Gasteiger partial charge on any atom is 0.338 e. The molecular weight excluding hydrogens is 308 g/mol. The van der Waals surface area contributed by atoms with E-state index in [4.69, 9.17) is 14.2 Å². The van der Waals surface area contributed by atoms with Crippen molar-refractivity contribution >= 4 is 17.8 Å². The van der Waals surface area contributed by atoms with Gasteiger partial charge in [0.2, 0.25) is 0 Å². The standard InChI is InChI=1S/C19H18O5/c1-22-17-11-9-14(12-18(17)23-2)16(20)10-8-13-6-4-5-7-15(13)19(21)24-3/h4-12H,1-3H3/b10-8+. The summed E-state index contributed by atoms with van der Waals surface area (Å²) in [5.74, 6) is 0.366. The van der Waals surface area contributed by atoms with Gasteiger partial charge in [-0.2, -0.15) is 0 Å². The molecule has 0 saturated heterocycles. The van der Waals surface area contributed by atoms with Gasteiger partial charge in [-0.1, -0.05) is 24.3 Å². The monoisotopic (exact) mass is 326 g/mol. The molecule has 0 aromatic heterocycles. The summed E-state index contributed by atoms with van der Waals surface area (Å²) in [5.41, 5.74) is 1.47. The van der Waals surface area contributed by atoms with E-state index in [1.807, 2.05) is 0 Å². The van der Waals surface area contributed by atoms with E-state index in [0.29, 0.717) is 28.2 Å². The Morgan fingerprint density at radius 1 is 0.917 bits per heavy atom. The van der Waals surface area contributed by atoms with E-state index in [9.17, 15) is 9.59 Å². The SMILES string of the molecule is COC(=O)c1ccccc1/C=C/C(=O)c1ccc(OC)c(OC)c1. The lowest BCUT2D eigenvalue weighted by molar-refractivity contribution is 0.0600. The van der Waals surface area contributed by atoms with Gasteiger partial charge in [0, 0.05) is 5.56 Å². The molecule has 5 nitrogen and oxygen atoms in total. The van der Waals surface area contributed by atoms with E-state index in [0.717, 1.165) is 0 Å². The van der Waals surface area contributed by atoms with Crippen LogP contribution in [0.1, 0.15) is 26.3 Å². The Kier molecular flexibility index (Phi) is 5.73. The summed E-state index contributed by atoms with van der Waals surface area (Å²) in [6, 6.07) is 11.8. The number of ether oxygens (including phenoxy) is 3. The number of ketones is 1. The topological polar surface area (TPSA) is 61.8 Å². The molecule has 0 spiro atoms. The summed E-state index contributed by atoms with van der Waals surface area (Å²) >= 11 is 0. The van der Waals surface area contributed by atoms with Crippen molar-refractivity contribution in [2.75, 3.05) is 21.3 Å². The van der Waals surface area contributed by atoms with Crippen molar-refractivity contribution in [2.45, 2.75) is 0 Å². The van der Waals surface area contributed by atoms with E-state index >= 15 is 0 Å². The first-order valence-corrected chi connectivity index (χ1v) is 7.22. The van der Waals surface area contributed by atoms with Crippen LogP contribution in [0.15, 0.2) is 48.5 Å². The lowest BCUT2D eigenvalue weighted by Gasteiger charge is -2.08. The Morgan fingerprint density at radius 3 is 2.29 bits per heavy atom. The van der Waals surface area contributed by atoms with Gasteiger partial charge >= 0.3 is 5.97 Å². The van der Waals surface area contributed by atoms with E-state index in [2.05, 4.69) is 0 Å². The van der Waals surface area contributed by atoms with Crippen molar-refractivity contribution in [1.82, 2.24) is 0 Å². The number of allylic oxidation sites excluding steroid dienone is 1. The van der Waals surface area contributed by atoms with Crippen molar-refractivity contribution < 1.29 is 23.8 Å². The second-order valence-corrected chi connectivity index (χ2v) is 4.85. The second-order valence-electron chi connectivity index (χ2n) is 4.85. The smallest absolute Gasteiger partial charge is 0.338 e. The third kappa shape index (κ3) is 3.81. The molecule has 0 atom stereocenters. The molecule has 0 amide bonds. The summed E-state index contributed by atoms with van der Waals surface area (Å²) in [6.07, 6.45) is 2.99. The van der Waals surface area contributed by atoms with Crippen LogP contribution in [0, 0.1) is 0 Å². The fraction of sp³-hybridized carbons (Fsp3) is 0.158. The number of benzene rings is 2. The van der Waals surface area contributed by atoms with Gasteiger partial charge in [0.05, 0.1) is 26.9 Å². The lowest BCUT2D eigenvalue weighted by atomic mass is 10.0. The molecular formula is C19H18O5. The summed E-state index contributed by atoms with van der Waals surface area (Å²) in [6.45, 7) is 0. The highest BCUT2D eigenvalue weighted by Gasteiger charge is 2.11.